The molecular weight excluding hydrogens is 396 g/mol. The van der Waals surface area contributed by atoms with Gasteiger partial charge in [0, 0.05) is 6.54 Å². The van der Waals surface area contributed by atoms with E-state index in [1.807, 2.05) is 20.1 Å². The van der Waals surface area contributed by atoms with Crippen molar-refractivity contribution in [3.8, 4) is 0 Å². The minimum atomic E-state index is -1.03. The molecule has 0 aromatic rings. The summed E-state index contributed by atoms with van der Waals surface area (Å²) < 4.78 is 0. The molecule has 0 saturated carbocycles. The van der Waals surface area contributed by atoms with Crippen molar-refractivity contribution in [2.45, 2.75) is 70.6 Å². The molecule has 5 unspecified atom stereocenters. The van der Waals surface area contributed by atoms with Crippen molar-refractivity contribution in [1.29, 1.82) is 0 Å². The molecule has 1 heterocycles. The zero-order chi connectivity index (χ0) is 22.1. The minimum Gasteiger partial charge on any atom is -0.480 e. The van der Waals surface area contributed by atoms with E-state index >= 15 is 0 Å². The van der Waals surface area contributed by atoms with E-state index in [2.05, 4.69) is 10.6 Å². The highest BCUT2D eigenvalue weighted by Crippen LogP contribution is 2.20. The second-order valence-corrected chi connectivity index (χ2v) is 8.52. The topological polar surface area (TPSA) is 142 Å². The molecule has 5 atom stereocenters. The molecule has 1 fully saturated rings. The van der Waals surface area contributed by atoms with Crippen LogP contribution in [-0.2, 0) is 19.2 Å². The zero-order valence-electron chi connectivity index (χ0n) is 17.6. The number of thioether (sulfide) groups is 1. The predicted molar refractivity (Wildman–Crippen MR) is 112 cm³/mol. The van der Waals surface area contributed by atoms with Crippen LogP contribution in [0, 0.1) is 5.92 Å². The lowest BCUT2D eigenvalue weighted by atomic mass is 9.97. The summed E-state index contributed by atoms with van der Waals surface area (Å²) in [5, 5.41) is 14.8. The first-order valence-electron chi connectivity index (χ1n) is 10.0. The lowest BCUT2D eigenvalue weighted by Gasteiger charge is -2.30. The van der Waals surface area contributed by atoms with Crippen LogP contribution in [0.25, 0.3) is 0 Å². The highest BCUT2D eigenvalue weighted by Gasteiger charge is 2.38. The number of carbonyl (C=O) groups excluding carboxylic acids is 3. The Bertz CT molecular complexity index is 601. The molecule has 0 aromatic heterocycles. The first-order chi connectivity index (χ1) is 13.6. The molecule has 0 spiro atoms. The van der Waals surface area contributed by atoms with Gasteiger partial charge < -0.3 is 26.4 Å². The number of aliphatic carboxylic acids is 1. The first-order valence-corrected chi connectivity index (χ1v) is 11.4. The average molecular weight is 431 g/mol. The van der Waals surface area contributed by atoms with Crippen molar-refractivity contribution in [3.05, 3.63) is 0 Å². The quantitative estimate of drug-likeness (QED) is 0.366. The van der Waals surface area contributed by atoms with Gasteiger partial charge in [-0.15, -0.1) is 0 Å². The van der Waals surface area contributed by atoms with Crippen molar-refractivity contribution in [1.82, 2.24) is 15.5 Å². The molecule has 0 aromatic carbocycles. The molecule has 5 N–H and O–H groups in total. The fourth-order valence-corrected chi connectivity index (χ4v) is 3.70. The standard InChI is InChI=1S/C19H34N4O5S/c1-5-11(2)15(22-16(24)12(3)20)17(25)21-13(8-10-29-4)18(26)23-9-6-7-14(23)19(27)28/h11-15H,5-10,20H2,1-4H3,(H,21,25)(H,22,24)(H,27,28). The smallest absolute Gasteiger partial charge is 0.326 e. The van der Waals surface area contributed by atoms with Gasteiger partial charge in [0.1, 0.15) is 18.1 Å². The summed E-state index contributed by atoms with van der Waals surface area (Å²) in [7, 11) is 0. The van der Waals surface area contributed by atoms with E-state index in [0.717, 1.165) is 0 Å². The maximum Gasteiger partial charge on any atom is 0.326 e. The number of carbonyl (C=O) groups is 4. The van der Waals surface area contributed by atoms with Crippen molar-refractivity contribution in [2.75, 3.05) is 18.6 Å². The Morgan fingerprint density at radius 3 is 2.38 bits per heavy atom. The van der Waals surface area contributed by atoms with Gasteiger partial charge >= 0.3 is 5.97 Å². The van der Waals surface area contributed by atoms with Gasteiger partial charge in [-0.25, -0.2) is 4.79 Å². The lowest BCUT2D eigenvalue weighted by molar-refractivity contribution is -0.149. The van der Waals surface area contributed by atoms with Crippen LogP contribution in [0.1, 0.15) is 46.5 Å². The van der Waals surface area contributed by atoms with E-state index in [-0.39, 0.29) is 5.92 Å². The van der Waals surface area contributed by atoms with Crippen molar-refractivity contribution < 1.29 is 24.3 Å². The van der Waals surface area contributed by atoms with Gasteiger partial charge in [-0.3, -0.25) is 14.4 Å². The highest BCUT2D eigenvalue weighted by molar-refractivity contribution is 7.98. The Morgan fingerprint density at radius 1 is 1.21 bits per heavy atom. The Hall–Kier alpha value is -1.81. The molecule has 0 bridgehead atoms. The van der Waals surface area contributed by atoms with E-state index in [1.165, 1.54) is 23.6 Å². The number of hydrogen-bond acceptors (Lipinski definition) is 6. The fourth-order valence-electron chi connectivity index (χ4n) is 3.23. The van der Waals surface area contributed by atoms with Crippen molar-refractivity contribution >= 4 is 35.5 Å². The molecule has 1 saturated heterocycles. The molecule has 0 radical (unpaired) electrons. The number of likely N-dealkylation sites (tertiary alicyclic amines) is 1. The van der Waals surface area contributed by atoms with Crippen molar-refractivity contribution in [2.24, 2.45) is 11.7 Å². The molecule has 166 valence electrons. The summed E-state index contributed by atoms with van der Waals surface area (Å²) in [4.78, 5) is 50.8. The number of amides is 3. The fraction of sp³-hybridized carbons (Fsp3) is 0.789. The summed E-state index contributed by atoms with van der Waals surface area (Å²) in [6.07, 6.45) is 3.94. The molecule has 1 aliphatic rings. The second-order valence-electron chi connectivity index (χ2n) is 7.53. The Balaban J connectivity index is 2.98. The number of nitrogens with two attached hydrogens (primary N) is 1. The molecule has 10 heteroatoms. The molecule has 1 aliphatic heterocycles. The second kappa shape index (κ2) is 12.0. The van der Waals surface area contributed by atoms with Gasteiger partial charge in [-0.1, -0.05) is 20.3 Å². The van der Waals surface area contributed by atoms with Crippen LogP contribution >= 0.6 is 11.8 Å². The van der Waals surface area contributed by atoms with E-state index in [4.69, 9.17) is 5.73 Å². The molecule has 9 nitrogen and oxygen atoms in total. The highest BCUT2D eigenvalue weighted by atomic mass is 32.2. The summed E-state index contributed by atoms with van der Waals surface area (Å²) in [5.41, 5.74) is 5.60. The third-order valence-corrected chi connectivity index (χ3v) is 5.90. The number of rotatable bonds is 11. The molecular formula is C19H34N4O5S. The van der Waals surface area contributed by atoms with E-state index < -0.39 is 47.9 Å². The lowest BCUT2D eigenvalue weighted by Crippen LogP contribution is -2.58. The summed E-state index contributed by atoms with van der Waals surface area (Å²) in [6.45, 7) is 5.63. The van der Waals surface area contributed by atoms with Gasteiger partial charge in [0.15, 0.2) is 0 Å². The summed E-state index contributed by atoms with van der Waals surface area (Å²) >= 11 is 1.53. The van der Waals surface area contributed by atoms with Gasteiger partial charge in [0.25, 0.3) is 0 Å². The van der Waals surface area contributed by atoms with Crippen LogP contribution in [0.4, 0.5) is 0 Å². The number of carboxylic acid groups (broad SMARTS) is 1. The third kappa shape index (κ3) is 7.18. The monoisotopic (exact) mass is 430 g/mol. The molecule has 0 aliphatic carbocycles. The first kappa shape index (κ1) is 25.2. The number of nitrogens with one attached hydrogen (secondary N) is 2. The number of hydrogen-bond donors (Lipinski definition) is 4. The Morgan fingerprint density at radius 2 is 1.86 bits per heavy atom. The molecule has 3 amide bonds. The number of carboxylic acids is 1. The van der Waals surface area contributed by atoms with E-state index in [9.17, 15) is 24.3 Å². The predicted octanol–water partition coefficient (Wildman–Crippen LogP) is 0.178. The summed E-state index contributed by atoms with van der Waals surface area (Å²) in [5.74, 6) is -1.86. The van der Waals surface area contributed by atoms with Crippen LogP contribution in [0.2, 0.25) is 0 Å². The average Bonchev–Trinajstić information content (AvgIpc) is 3.17. The maximum atomic E-state index is 13.0. The third-order valence-electron chi connectivity index (χ3n) is 5.25. The van der Waals surface area contributed by atoms with Crippen LogP contribution in [-0.4, -0.2) is 76.4 Å². The summed E-state index contributed by atoms with van der Waals surface area (Å²) in [6, 6.07) is -3.28. The normalized spacial score (nSPS) is 20.4. The van der Waals surface area contributed by atoms with Gasteiger partial charge in [0.2, 0.25) is 17.7 Å². The van der Waals surface area contributed by atoms with Crippen molar-refractivity contribution in [3.63, 3.8) is 0 Å². The maximum absolute atomic E-state index is 13.0. The van der Waals surface area contributed by atoms with Crippen LogP contribution < -0.4 is 16.4 Å². The van der Waals surface area contributed by atoms with Gasteiger partial charge in [-0.2, -0.15) is 11.8 Å². The van der Waals surface area contributed by atoms with Gasteiger partial charge in [0.05, 0.1) is 6.04 Å². The largest absolute Gasteiger partial charge is 0.480 e. The Kier molecular flexibility index (Phi) is 10.5. The van der Waals surface area contributed by atoms with Gasteiger partial charge in [-0.05, 0) is 44.1 Å². The van der Waals surface area contributed by atoms with E-state index in [1.54, 1.807) is 0 Å². The molecule has 29 heavy (non-hydrogen) atoms. The number of nitrogens with zero attached hydrogens (tertiary/aromatic N) is 1. The SMILES string of the molecule is CCC(C)C(NC(=O)C(C)N)C(=O)NC(CCSC)C(=O)N1CCCC1C(=O)O. The van der Waals surface area contributed by atoms with Crippen LogP contribution in [0.3, 0.4) is 0 Å². The molecule has 1 rings (SSSR count). The van der Waals surface area contributed by atoms with E-state index in [0.29, 0.717) is 38.0 Å². The minimum absolute atomic E-state index is 0.160. The Labute approximate surface area is 176 Å². The van der Waals surface area contributed by atoms with Crippen LogP contribution in [0.5, 0.6) is 0 Å². The van der Waals surface area contributed by atoms with Crippen LogP contribution in [0.15, 0.2) is 0 Å². The zero-order valence-corrected chi connectivity index (χ0v) is 18.5.